The zero-order valence-corrected chi connectivity index (χ0v) is 11.4. The first-order valence-corrected chi connectivity index (χ1v) is 7.68. The Morgan fingerprint density at radius 2 is 2.29 bits per heavy atom. The van der Waals surface area contributed by atoms with Gasteiger partial charge in [0, 0.05) is 30.1 Å². The molecule has 1 fully saturated rings. The second-order valence-electron chi connectivity index (χ2n) is 5.76. The van der Waals surface area contributed by atoms with Gasteiger partial charge < -0.3 is 5.73 Å². The number of piperidine rings is 1. The third kappa shape index (κ3) is 2.28. The molecule has 0 amide bonds. The van der Waals surface area contributed by atoms with Gasteiger partial charge in [0.2, 0.25) is 0 Å². The third-order valence-electron chi connectivity index (χ3n) is 4.18. The second-order valence-corrected chi connectivity index (χ2v) is 6.76. The first-order valence-electron chi connectivity index (χ1n) is 6.80. The van der Waals surface area contributed by atoms with E-state index in [1.807, 2.05) is 11.3 Å². The van der Waals surface area contributed by atoms with E-state index < -0.39 is 0 Å². The third-order valence-corrected chi connectivity index (χ3v) is 5.18. The van der Waals surface area contributed by atoms with E-state index in [1.165, 1.54) is 32.2 Å². The topological polar surface area (TPSA) is 29.3 Å². The SMILES string of the molecule is CC1CC(N)CN(C2CCCc3sccc32)C1. The molecule has 1 aromatic heterocycles. The van der Waals surface area contributed by atoms with Gasteiger partial charge in [0.15, 0.2) is 0 Å². The van der Waals surface area contributed by atoms with Gasteiger partial charge >= 0.3 is 0 Å². The standard InChI is InChI=1S/C14H22N2S/c1-10-7-11(15)9-16(8-10)13-3-2-4-14-12(13)5-6-17-14/h5-6,10-11,13H,2-4,7-9,15H2,1H3. The van der Waals surface area contributed by atoms with E-state index in [9.17, 15) is 0 Å². The van der Waals surface area contributed by atoms with Crippen molar-refractivity contribution >= 4 is 11.3 Å². The number of hydrogen-bond donors (Lipinski definition) is 1. The number of aryl methyl sites for hydroxylation is 1. The van der Waals surface area contributed by atoms with Crippen molar-refractivity contribution in [3.8, 4) is 0 Å². The molecule has 1 aliphatic heterocycles. The average Bonchev–Trinajstić information content (AvgIpc) is 2.75. The molecule has 3 atom stereocenters. The Labute approximate surface area is 108 Å². The van der Waals surface area contributed by atoms with Crippen molar-refractivity contribution in [1.82, 2.24) is 4.90 Å². The van der Waals surface area contributed by atoms with Crippen LogP contribution >= 0.6 is 11.3 Å². The zero-order chi connectivity index (χ0) is 11.8. The highest BCUT2D eigenvalue weighted by Gasteiger charge is 2.31. The molecular weight excluding hydrogens is 228 g/mol. The van der Waals surface area contributed by atoms with Crippen molar-refractivity contribution in [2.75, 3.05) is 13.1 Å². The van der Waals surface area contributed by atoms with E-state index in [2.05, 4.69) is 23.3 Å². The van der Waals surface area contributed by atoms with Crippen molar-refractivity contribution in [3.63, 3.8) is 0 Å². The summed E-state index contributed by atoms with van der Waals surface area (Å²) < 4.78 is 0. The lowest BCUT2D eigenvalue weighted by molar-refractivity contribution is 0.105. The van der Waals surface area contributed by atoms with Crippen LogP contribution < -0.4 is 5.73 Å². The summed E-state index contributed by atoms with van der Waals surface area (Å²) in [4.78, 5) is 4.26. The van der Waals surface area contributed by atoms with Crippen LogP contribution in [0.5, 0.6) is 0 Å². The maximum Gasteiger partial charge on any atom is 0.0360 e. The molecule has 3 unspecified atom stereocenters. The molecule has 2 nitrogen and oxygen atoms in total. The molecule has 3 rings (SSSR count). The summed E-state index contributed by atoms with van der Waals surface area (Å²) in [6.07, 6.45) is 5.15. The molecule has 2 N–H and O–H groups in total. The first kappa shape index (κ1) is 11.7. The summed E-state index contributed by atoms with van der Waals surface area (Å²) in [7, 11) is 0. The van der Waals surface area contributed by atoms with Crippen molar-refractivity contribution in [2.45, 2.75) is 44.7 Å². The molecule has 0 bridgehead atoms. The van der Waals surface area contributed by atoms with Crippen LogP contribution in [0.25, 0.3) is 0 Å². The number of rotatable bonds is 1. The number of fused-ring (bicyclic) bond motifs is 1. The normalized spacial score (nSPS) is 34.6. The first-order chi connectivity index (χ1) is 8.24. The number of thiophene rings is 1. The number of nitrogens with zero attached hydrogens (tertiary/aromatic N) is 1. The van der Waals surface area contributed by atoms with Crippen LogP contribution in [0.3, 0.4) is 0 Å². The van der Waals surface area contributed by atoms with Gasteiger partial charge in [0.1, 0.15) is 0 Å². The molecule has 2 heterocycles. The summed E-state index contributed by atoms with van der Waals surface area (Å²) in [5, 5.41) is 2.26. The van der Waals surface area contributed by atoms with Gasteiger partial charge in [-0.15, -0.1) is 11.3 Å². The molecule has 1 aliphatic carbocycles. The van der Waals surface area contributed by atoms with E-state index in [0.29, 0.717) is 12.1 Å². The van der Waals surface area contributed by atoms with Crippen molar-refractivity contribution in [3.05, 3.63) is 21.9 Å². The van der Waals surface area contributed by atoms with Gasteiger partial charge in [-0.05, 0) is 48.6 Å². The Bertz CT molecular complexity index is 377. The van der Waals surface area contributed by atoms with Crippen molar-refractivity contribution in [2.24, 2.45) is 11.7 Å². The van der Waals surface area contributed by atoms with Gasteiger partial charge in [0.25, 0.3) is 0 Å². The van der Waals surface area contributed by atoms with E-state index >= 15 is 0 Å². The predicted octanol–water partition coefficient (Wildman–Crippen LogP) is 2.79. The summed E-state index contributed by atoms with van der Waals surface area (Å²) in [5.74, 6) is 0.753. The van der Waals surface area contributed by atoms with Crippen LogP contribution in [-0.4, -0.2) is 24.0 Å². The fourth-order valence-corrected chi connectivity index (χ4v) is 4.52. The van der Waals surface area contributed by atoms with Crippen LogP contribution in [-0.2, 0) is 6.42 Å². The number of hydrogen-bond acceptors (Lipinski definition) is 3. The van der Waals surface area contributed by atoms with E-state index in [1.54, 1.807) is 10.4 Å². The van der Waals surface area contributed by atoms with Crippen molar-refractivity contribution in [1.29, 1.82) is 0 Å². The average molecular weight is 250 g/mol. The van der Waals surface area contributed by atoms with Crippen LogP contribution in [0.15, 0.2) is 11.4 Å². The summed E-state index contributed by atoms with van der Waals surface area (Å²) in [6, 6.07) is 3.37. The van der Waals surface area contributed by atoms with Gasteiger partial charge in [-0.3, -0.25) is 4.90 Å². The fourth-order valence-electron chi connectivity index (χ4n) is 3.54. The van der Waals surface area contributed by atoms with Crippen LogP contribution in [0.4, 0.5) is 0 Å². The molecule has 0 saturated carbocycles. The van der Waals surface area contributed by atoms with Crippen LogP contribution in [0.2, 0.25) is 0 Å². The Balaban J connectivity index is 1.81. The van der Waals surface area contributed by atoms with Gasteiger partial charge in [0.05, 0.1) is 0 Å². The van der Waals surface area contributed by atoms with Crippen LogP contribution in [0, 0.1) is 5.92 Å². The lowest BCUT2D eigenvalue weighted by Crippen LogP contribution is -2.48. The van der Waals surface area contributed by atoms with Gasteiger partial charge in [-0.1, -0.05) is 6.92 Å². The predicted molar refractivity (Wildman–Crippen MR) is 73.3 cm³/mol. The molecule has 1 saturated heterocycles. The largest absolute Gasteiger partial charge is 0.327 e. The highest BCUT2D eigenvalue weighted by molar-refractivity contribution is 7.10. The lowest BCUT2D eigenvalue weighted by atomic mass is 9.88. The van der Waals surface area contributed by atoms with E-state index in [0.717, 1.165) is 12.5 Å². The van der Waals surface area contributed by atoms with E-state index in [4.69, 9.17) is 5.73 Å². The quantitative estimate of drug-likeness (QED) is 0.830. The lowest BCUT2D eigenvalue weighted by Gasteiger charge is -2.41. The maximum atomic E-state index is 6.18. The maximum absolute atomic E-state index is 6.18. The number of nitrogens with two attached hydrogens (primary N) is 1. The summed E-state index contributed by atoms with van der Waals surface area (Å²) in [5.41, 5.74) is 7.78. The Kier molecular flexibility index (Phi) is 3.24. The zero-order valence-electron chi connectivity index (χ0n) is 10.6. The minimum atomic E-state index is 0.378. The molecule has 1 aromatic rings. The second kappa shape index (κ2) is 4.71. The fraction of sp³-hybridized carbons (Fsp3) is 0.714. The van der Waals surface area contributed by atoms with Crippen molar-refractivity contribution < 1.29 is 0 Å². The van der Waals surface area contributed by atoms with E-state index in [-0.39, 0.29) is 0 Å². The highest BCUT2D eigenvalue weighted by Crippen LogP contribution is 2.38. The summed E-state index contributed by atoms with van der Waals surface area (Å²) in [6.45, 7) is 4.65. The Hall–Kier alpha value is -0.380. The minimum absolute atomic E-state index is 0.378. The number of likely N-dealkylation sites (tertiary alicyclic amines) is 1. The molecule has 17 heavy (non-hydrogen) atoms. The highest BCUT2D eigenvalue weighted by atomic mass is 32.1. The molecule has 0 aromatic carbocycles. The molecule has 2 aliphatic rings. The molecule has 94 valence electrons. The monoisotopic (exact) mass is 250 g/mol. The van der Waals surface area contributed by atoms with Gasteiger partial charge in [-0.25, -0.2) is 0 Å². The Morgan fingerprint density at radius 3 is 3.12 bits per heavy atom. The molecule has 0 radical (unpaired) electrons. The minimum Gasteiger partial charge on any atom is -0.327 e. The summed E-state index contributed by atoms with van der Waals surface area (Å²) >= 11 is 1.94. The molecular formula is C14H22N2S. The smallest absolute Gasteiger partial charge is 0.0360 e. The molecule has 3 heteroatoms. The molecule has 0 spiro atoms. The Morgan fingerprint density at radius 1 is 1.41 bits per heavy atom. The van der Waals surface area contributed by atoms with Gasteiger partial charge in [-0.2, -0.15) is 0 Å². The van der Waals surface area contributed by atoms with Crippen LogP contribution in [0.1, 0.15) is 42.7 Å².